The molecule has 0 spiro atoms. The normalized spacial score (nSPS) is 16.0. The summed E-state index contributed by atoms with van der Waals surface area (Å²) < 4.78 is 24.6. The molecule has 1 atom stereocenters. The van der Waals surface area contributed by atoms with Crippen molar-refractivity contribution in [1.29, 1.82) is 0 Å². The van der Waals surface area contributed by atoms with Crippen molar-refractivity contribution in [3.05, 3.63) is 30.1 Å². The van der Waals surface area contributed by atoms with Gasteiger partial charge >= 0.3 is 0 Å². The van der Waals surface area contributed by atoms with Gasteiger partial charge in [0, 0.05) is 20.2 Å². The van der Waals surface area contributed by atoms with Gasteiger partial charge in [-0.25, -0.2) is 4.39 Å². The Kier molecular flexibility index (Phi) is 7.13. The SMILES string of the molecule is CN=C(NCCOCC1CC1)NCC(C)Oc1ccccc1F. The van der Waals surface area contributed by atoms with Crippen LogP contribution < -0.4 is 15.4 Å². The molecule has 0 amide bonds. The third-order valence-electron chi connectivity index (χ3n) is 3.53. The minimum Gasteiger partial charge on any atom is -0.486 e. The van der Waals surface area contributed by atoms with Crippen LogP contribution in [0.15, 0.2) is 29.3 Å². The molecule has 0 saturated heterocycles. The molecule has 0 bridgehead atoms. The summed E-state index contributed by atoms with van der Waals surface area (Å²) >= 11 is 0. The molecule has 5 nitrogen and oxygen atoms in total. The predicted octanol–water partition coefficient (Wildman–Crippen LogP) is 2.18. The van der Waals surface area contributed by atoms with Crippen LogP contribution >= 0.6 is 0 Å². The number of nitrogens with zero attached hydrogens (tertiary/aromatic N) is 1. The minimum atomic E-state index is -0.352. The van der Waals surface area contributed by atoms with Crippen molar-refractivity contribution in [1.82, 2.24) is 10.6 Å². The summed E-state index contributed by atoms with van der Waals surface area (Å²) in [7, 11) is 1.71. The fourth-order valence-electron chi connectivity index (χ4n) is 2.04. The summed E-state index contributed by atoms with van der Waals surface area (Å²) in [5, 5.41) is 6.34. The van der Waals surface area contributed by atoms with Gasteiger partial charge in [0.05, 0.1) is 13.2 Å². The average molecular weight is 323 g/mol. The Bertz CT molecular complexity index is 506. The second-order valence-electron chi connectivity index (χ2n) is 5.76. The highest BCUT2D eigenvalue weighted by molar-refractivity contribution is 5.79. The Hall–Kier alpha value is -1.82. The first kappa shape index (κ1) is 17.5. The lowest BCUT2D eigenvalue weighted by atomic mass is 10.3. The minimum absolute atomic E-state index is 0.184. The number of nitrogens with one attached hydrogen (secondary N) is 2. The zero-order valence-corrected chi connectivity index (χ0v) is 13.8. The Balaban J connectivity index is 1.60. The van der Waals surface area contributed by atoms with Crippen LogP contribution in [0.25, 0.3) is 0 Å². The van der Waals surface area contributed by atoms with Gasteiger partial charge in [0.1, 0.15) is 6.10 Å². The molecule has 1 saturated carbocycles. The lowest BCUT2D eigenvalue weighted by molar-refractivity contribution is 0.129. The lowest BCUT2D eigenvalue weighted by Crippen LogP contribution is -2.42. The quantitative estimate of drug-likeness (QED) is 0.415. The van der Waals surface area contributed by atoms with Crippen molar-refractivity contribution < 1.29 is 13.9 Å². The summed E-state index contributed by atoms with van der Waals surface area (Å²) in [6.45, 7) is 4.64. The van der Waals surface area contributed by atoms with E-state index >= 15 is 0 Å². The fourth-order valence-corrected chi connectivity index (χ4v) is 2.04. The van der Waals surface area contributed by atoms with Crippen LogP contribution in [0.2, 0.25) is 0 Å². The van der Waals surface area contributed by atoms with E-state index in [1.54, 1.807) is 25.2 Å². The number of para-hydroxylation sites is 1. The van der Waals surface area contributed by atoms with Crippen LogP contribution in [-0.2, 0) is 4.74 Å². The number of ether oxygens (including phenoxy) is 2. The zero-order chi connectivity index (χ0) is 16.5. The lowest BCUT2D eigenvalue weighted by Gasteiger charge is -2.18. The average Bonchev–Trinajstić information content (AvgIpc) is 3.36. The van der Waals surface area contributed by atoms with Gasteiger partial charge in [0.25, 0.3) is 0 Å². The van der Waals surface area contributed by atoms with Gasteiger partial charge in [-0.05, 0) is 37.8 Å². The molecule has 1 fully saturated rings. The number of hydrogen-bond acceptors (Lipinski definition) is 3. The first-order valence-corrected chi connectivity index (χ1v) is 8.12. The van der Waals surface area contributed by atoms with Gasteiger partial charge in [0.2, 0.25) is 0 Å². The molecule has 1 aliphatic rings. The van der Waals surface area contributed by atoms with Crippen LogP contribution in [0.5, 0.6) is 5.75 Å². The van der Waals surface area contributed by atoms with E-state index in [0.29, 0.717) is 25.7 Å². The molecular weight excluding hydrogens is 297 g/mol. The van der Waals surface area contributed by atoms with Gasteiger partial charge in [-0.2, -0.15) is 0 Å². The van der Waals surface area contributed by atoms with Gasteiger partial charge in [0.15, 0.2) is 17.5 Å². The van der Waals surface area contributed by atoms with Gasteiger partial charge < -0.3 is 20.1 Å². The highest BCUT2D eigenvalue weighted by Gasteiger charge is 2.20. The highest BCUT2D eigenvalue weighted by atomic mass is 19.1. The van der Waals surface area contributed by atoms with Crippen LogP contribution in [0, 0.1) is 11.7 Å². The largest absolute Gasteiger partial charge is 0.486 e. The summed E-state index contributed by atoms with van der Waals surface area (Å²) in [6.07, 6.45) is 2.42. The maximum Gasteiger partial charge on any atom is 0.191 e. The van der Waals surface area contributed by atoms with Crippen molar-refractivity contribution in [2.75, 3.05) is 33.4 Å². The summed E-state index contributed by atoms with van der Waals surface area (Å²) in [5.41, 5.74) is 0. The van der Waals surface area contributed by atoms with E-state index in [1.165, 1.54) is 18.9 Å². The number of aliphatic imine (C=N–C) groups is 1. The molecule has 0 heterocycles. The van der Waals surface area contributed by atoms with Crippen LogP contribution in [0.1, 0.15) is 19.8 Å². The Morgan fingerprint density at radius 2 is 2.13 bits per heavy atom. The summed E-state index contributed by atoms with van der Waals surface area (Å²) in [6, 6.07) is 6.40. The van der Waals surface area contributed by atoms with Crippen molar-refractivity contribution >= 4 is 5.96 Å². The molecule has 6 heteroatoms. The van der Waals surface area contributed by atoms with Crippen molar-refractivity contribution in [2.24, 2.45) is 10.9 Å². The predicted molar refractivity (Wildman–Crippen MR) is 89.4 cm³/mol. The molecule has 1 unspecified atom stereocenters. The second-order valence-corrected chi connectivity index (χ2v) is 5.76. The monoisotopic (exact) mass is 323 g/mol. The van der Waals surface area contributed by atoms with Crippen molar-refractivity contribution in [2.45, 2.75) is 25.9 Å². The number of halogens is 1. The van der Waals surface area contributed by atoms with E-state index in [1.807, 2.05) is 6.92 Å². The maximum atomic E-state index is 13.5. The van der Waals surface area contributed by atoms with Crippen LogP contribution in [-0.4, -0.2) is 45.4 Å². The van der Waals surface area contributed by atoms with E-state index in [0.717, 1.165) is 12.5 Å². The smallest absolute Gasteiger partial charge is 0.191 e. The highest BCUT2D eigenvalue weighted by Crippen LogP contribution is 2.28. The molecule has 23 heavy (non-hydrogen) atoms. The molecule has 1 aromatic carbocycles. The molecule has 128 valence electrons. The number of benzene rings is 1. The van der Waals surface area contributed by atoms with Gasteiger partial charge in [-0.15, -0.1) is 0 Å². The first-order valence-electron chi connectivity index (χ1n) is 8.12. The molecule has 0 aliphatic heterocycles. The molecule has 0 radical (unpaired) electrons. The van der Waals surface area contributed by atoms with E-state index in [4.69, 9.17) is 9.47 Å². The molecule has 1 aliphatic carbocycles. The third-order valence-corrected chi connectivity index (χ3v) is 3.53. The summed E-state index contributed by atoms with van der Waals surface area (Å²) in [5.74, 6) is 1.38. The van der Waals surface area contributed by atoms with Gasteiger partial charge in [-0.1, -0.05) is 12.1 Å². The fraction of sp³-hybridized carbons (Fsp3) is 0.588. The van der Waals surface area contributed by atoms with Crippen LogP contribution in [0.3, 0.4) is 0 Å². The Morgan fingerprint density at radius 1 is 1.35 bits per heavy atom. The number of rotatable bonds is 9. The first-order chi connectivity index (χ1) is 11.2. The topological polar surface area (TPSA) is 54.9 Å². The number of guanidine groups is 1. The van der Waals surface area contributed by atoms with Crippen LogP contribution in [0.4, 0.5) is 4.39 Å². The molecule has 2 rings (SSSR count). The third kappa shape index (κ3) is 6.86. The molecular formula is C17H26FN3O2. The van der Waals surface area contributed by atoms with E-state index < -0.39 is 0 Å². The molecule has 1 aromatic rings. The Labute approximate surface area is 137 Å². The van der Waals surface area contributed by atoms with E-state index in [9.17, 15) is 4.39 Å². The summed E-state index contributed by atoms with van der Waals surface area (Å²) in [4.78, 5) is 4.14. The molecule has 0 aromatic heterocycles. The van der Waals surface area contributed by atoms with E-state index in [-0.39, 0.29) is 17.7 Å². The second kappa shape index (κ2) is 9.35. The number of hydrogen-bond donors (Lipinski definition) is 2. The standard InChI is InChI=1S/C17H26FN3O2/c1-13(23-16-6-4-3-5-15(16)18)11-21-17(19-2)20-9-10-22-12-14-7-8-14/h3-6,13-14H,7-12H2,1-2H3,(H2,19,20,21). The van der Waals surface area contributed by atoms with Crippen molar-refractivity contribution in [3.8, 4) is 5.75 Å². The zero-order valence-electron chi connectivity index (χ0n) is 13.8. The maximum absolute atomic E-state index is 13.5. The Morgan fingerprint density at radius 3 is 2.83 bits per heavy atom. The van der Waals surface area contributed by atoms with Crippen molar-refractivity contribution in [3.63, 3.8) is 0 Å². The van der Waals surface area contributed by atoms with E-state index in [2.05, 4.69) is 15.6 Å². The molecule has 2 N–H and O–H groups in total. The van der Waals surface area contributed by atoms with Gasteiger partial charge in [-0.3, -0.25) is 4.99 Å².